The van der Waals surface area contributed by atoms with Crippen LogP contribution in [-0.4, -0.2) is 45.8 Å². The second kappa shape index (κ2) is 8.26. The van der Waals surface area contributed by atoms with E-state index in [1.54, 1.807) is 0 Å². The summed E-state index contributed by atoms with van der Waals surface area (Å²) in [6, 6.07) is 0.343. The number of nitrogens with zero attached hydrogens (tertiary/aromatic N) is 3. The first kappa shape index (κ1) is 18.4. The number of rotatable bonds is 5. The van der Waals surface area contributed by atoms with E-state index in [1.165, 1.54) is 0 Å². The number of aromatic nitrogens is 2. The van der Waals surface area contributed by atoms with Crippen LogP contribution in [0, 0.1) is 5.82 Å². The van der Waals surface area contributed by atoms with Gasteiger partial charge in [0.1, 0.15) is 5.60 Å². The summed E-state index contributed by atoms with van der Waals surface area (Å²) in [6.07, 6.45) is 6.62. The van der Waals surface area contributed by atoms with Crippen molar-refractivity contribution < 1.29 is 18.7 Å². The van der Waals surface area contributed by atoms with Gasteiger partial charge in [-0.05, 0) is 52.9 Å². The third kappa shape index (κ3) is 5.94. The van der Waals surface area contributed by atoms with E-state index in [4.69, 9.17) is 9.47 Å². The first-order valence-corrected chi connectivity index (χ1v) is 8.45. The number of likely N-dealkylation sites (tertiary alicyclic amines) is 1. The molecule has 1 amide bonds. The van der Waals surface area contributed by atoms with Crippen molar-refractivity contribution in [1.29, 1.82) is 0 Å². The molecule has 0 bridgehead atoms. The van der Waals surface area contributed by atoms with Crippen LogP contribution < -0.4 is 4.74 Å². The zero-order valence-electron chi connectivity index (χ0n) is 14.6. The van der Waals surface area contributed by atoms with E-state index in [2.05, 4.69) is 9.97 Å². The molecule has 1 aromatic heterocycles. The van der Waals surface area contributed by atoms with Crippen molar-refractivity contribution in [1.82, 2.24) is 14.9 Å². The molecule has 0 saturated carbocycles. The number of carbonyl (C=O) groups excluding carboxylic acids is 1. The Morgan fingerprint density at radius 2 is 2.04 bits per heavy atom. The minimum Gasteiger partial charge on any atom is -0.463 e. The fourth-order valence-corrected chi connectivity index (χ4v) is 2.72. The smallest absolute Gasteiger partial charge is 0.410 e. The van der Waals surface area contributed by atoms with Gasteiger partial charge in [-0.15, -0.1) is 0 Å². The molecular weight excluding hydrogens is 313 g/mol. The molecule has 2 rings (SSSR count). The van der Waals surface area contributed by atoms with Gasteiger partial charge >= 0.3 is 12.1 Å². The molecule has 1 aromatic rings. The zero-order valence-corrected chi connectivity index (χ0v) is 14.6. The van der Waals surface area contributed by atoms with Crippen LogP contribution >= 0.6 is 0 Å². The van der Waals surface area contributed by atoms with E-state index in [0.717, 1.165) is 51.0 Å². The average Bonchev–Trinajstić information content (AvgIpc) is 2.52. The quantitative estimate of drug-likeness (QED) is 0.768. The summed E-state index contributed by atoms with van der Waals surface area (Å²) in [4.78, 5) is 21.7. The third-order valence-corrected chi connectivity index (χ3v) is 3.76. The summed E-state index contributed by atoms with van der Waals surface area (Å²) in [5, 5.41) is 0. The van der Waals surface area contributed by atoms with E-state index in [0.29, 0.717) is 6.61 Å². The molecule has 24 heavy (non-hydrogen) atoms. The topological polar surface area (TPSA) is 64.5 Å². The van der Waals surface area contributed by atoms with Crippen molar-refractivity contribution in [3.8, 4) is 6.01 Å². The Hall–Kier alpha value is -1.92. The molecule has 6 nitrogen and oxygen atoms in total. The molecule has 0 aromatic carbocycles. The minimum absolute atomic E-state index is 0.170. The van der Waals surface area contributed by atoms with Crippen LogP contribution in [0.15, 0.2) is 12.4 Å². The van der Waals surface area contributed by atoms with Crippen LogP contribution in [0.2, 0.25) is 0 Å². The minimum atomic E-state index is -0.488. The lowest BCUT2D eigenvalue weighted by molar-refractivity contribution is 0.00820. The van der Waals surface area contributed by atoms with Gasteiger partial charge in [0, 0.05) is 12.6 Å². The Kier molecular flexibility index (Phi) is 6.34. The fraction of sp³-hybridized carbons (Fsp3) is 0.706. The first-order valence-electron chi connectivity index (χ1n) is 8.45. The molecule has 0 N–H and O–H groups in total. The predicted molar refractivity (Wildman–Crippen MR) is 87.3 cm³/mol. The van der Waals surface area contributed by atoms with Gasteiger partial charge in [-0.2, -0.15) is 0 Å². The Balaban J connectivity index is 1.78. The third-order valence-electron chi connectivity index (χ3n) is 3.76. The molecule has 7 heteroatoms. The predicted octanol–water partition coefficient (Wildman–Crippen LogP) is 3.56. The molecule has 1 aliphatic heterocycles. The Morgan fingerprint density at radius 3 is 2.71 bits per heavy atom. The van der Waals surface area contributed by atoms with Crippen LogP contribution in [0.3, 0.4) is 0 Å². The van der Waals surface area contributed by atoms with Gasteiger partial charge < -0.3 is 14.4 Å². The second-order valence-electron chi connectivity index (χ2n) is 7.00. The van der Waals surface area contributed by atoms with Crippen LogP contribution in [0.5, 0.6) is 6.01 Å². The standard InChI is InChI=1S/C17H26FN3O3/c1-17(2,3)24-16(22)21-9-5-4-7-14(21)8-6-10-23-15-19-11-13(18)12-20-15/h11-12,14H,4-10H2,1-3H3/t14-/m1/s1. The van der Waals surface area contributed by atoms with Crippen molar-refractivity contribution in [2.24, 2.45) is 0 Å². The summed E-state index contributed by atoms with van der Waals surface area (Å²) >= 11 is 0. The van der Waals surface area contributed by atoms with Crippen molar-refractivity contribution in [2.75, 3.05) is 13.2 Å². The lowest BCUT2D eigenvalue weighted by Crippen LogP contribution is -2.46. The molecule has 1 fully saturated rings. The number of amides is 1. The highest BCUT2D eigenvalue weighted by Gasteiger charge is 2.30. The van der Waals surface area contributed by atoms with E-state index in [-0.39, 0.29) is 18.1 Å². The van der Waals surface area contributed by atoms with Gasteiger partial charge in [-0.25, -0.2) is 19.2 Å². The van der Waals surface area contributed by atoms with Gasteiger partial charge in [0.25, 0.3) is 0 Å². The molecule has 1 aliphatic rings. The maximum atomic E-state index is 12.7. The molecule has 1 saturated heterocycles. The summed E-state index contributed by atoms with van der Waals surface area (Å²) in [5.74, 6) is -0.488. The molecule has 0 spiro atoms. The van der Waals surface area contributed by atoms with E-state index in [1.807, 2.05) is 25.7 Å². The lowest BCUT2D eigenvalue weighted by Gasteiger charge is -2.36. The van der Waals surface area contributed by atoms with Crippen LogP contribution in [0.4, 0.5) is 9.18 Å². The molecule has 2 heterocycles. The molecule has 0 unspecified atom stereocenters. The van der Waals surface area contributed by atoms with Gasteiger partial charge in [-0.3, -0.25) is 0 Å². The largest absolute Gasteiger partial charge is 0.463 e. The summed E-state index contributed by atoms with van der Waals surface area (Å²) in [7, 11) is 0. The molecule has 1 atom stereocenters. The zero-order chi connectivity index (χ0) is 17.6. The average molecular weight is 339 g/mol. The summed E-state index contributed by atoms with van der Waals surface area (Å²) < 4.78 is 23.6. The van der Waals surface area contributed by atoms with Crippen LogP contribution in [0.1, 0.15) is 52.9 Å². The van der Waals surface area contributed by atoms with Gasteiger partial charge in [-0.1, -0.05) is 0 Å². The number of hydrogen-bond acceptors (Lipinski definition) is 5. The Bertz CT molecular complexity index is 531. The summed E-state index contributed by atoms with van der Waals surface area (Å²) in [5.41, 5.74) is -0.484. The normalized spacial score (nSPS) is 18.3. The van der Waals surface area contributed by atoms with Crippen molar-refractivity contribution in [3.05, 3.63) is 18.2 Å². The van der Waals surface area contributed by atoms with Gasteiger partial charge in [0.15, 0.2) is 5.82 Å². The number of hydrogen-bond donors (Lipinski definition) is 0. The van der Waals surface area contributed by atoms with Crippen molar-refractivity contribution >= 4 is 6.09 Å². The molecule has 134 valence electrons. The van der Waals surface area contributed by atoms with Gasteiger partial charge in [0.05, 0.1) is 19.0 Å². The molecular formula is C17H26FN3O3. The number of carbonyl (C=O) groups is 1. The Labute approximate surface area is 142 Å². The van der Waals surface area contributed by atoms with Crippen LogP contribution in [0.25, 0.3) is 0 Å². The van der Waals surface area contributed by atoms with Crippen molar-refractivity contribution in [2.45, 2.75) is 64.5 Å². The maximum Gasteiger partial charge on any atom is 0.410 e. The van der Waals surface area contributed by atoms with E-state index >= 15 is 0 Å². The first-order chi connectivity index (χ1) is 11.3. The SMILES string of the molecule is CC(C)(C)OC(=O)N1CCCC[C@@H]1CCCOc1ncc(F)cn1. The highest BCUT2D eigenvalue weighted by molar-refractivity contribution is 5.68. The second-order valence-corrected chi connectivity index (χ2v) is 7.00. The van der Waals surface area contributed by atoms with Crippen LogP contribution in [-0.2, 0) is 4.74 Å². The van der Waals surface area contributed by atoms with Crippen molar-refractivity contribution in [3.63, 3.8) is 0 Å². The number of ether oxygens (including phenoxy) is 2. The fourth-order valence-electron chi connectivity index (χ4n) is 2.72. The highest BCUT2D eigenvalue weighted by atomic mass is 19.1. The number of halogens is 1. The monoisotopic (exact) mass is 339 g/mol. The highest BCUT2D eigenvalue weighted by Crippen LogP contribution is 2.23. The Morgan fingerprint density at radius 1 is 1.33 bits per heavy atom. The maximum absolute atomic E-state index is 12.7. The number of piperidine rings is 1. The molecule has 0 radical (unpaired) electrons. The molecule has 0 aliphatic carbocycles. The van der Waals surface area contributed by atoms with E-state index in [9.17, 15) is 9.18 Å². The van der Waals surface area contributed by atoms with Gasteiger partial charge in [0.2, 0.25) is 0 Å². The van der Waals surface area contributed by atoms with E-state index < -0.39 is 11.4 Å². The summed E-state index contributed by atoms with van der Waals surface area (Å²) in [6.45, 7) is 6.80. The lowest BCUT2D eigenvalue weighted by atomic mass is 9.98.